The van der Waals surface area contributed by atoms with Crippen LogP contribution >= 0.6 is 23.2 Å². The van der Waals surface area contributed by atoms with Crippen LogP contribution in [-0.4, -0.2) is 37.3 Å². The van der Waals surface area contributed by atoms with E-state index in [0.29, 0.717) is 27.7 Å². The average molecular weight is 543 g/mol. The van der Waals surface area contributed by atoms with E-state index in [1.165, 1.54) is 4.68 Å². The highest BCUT2D eigenvalue weighted by Crippen LogP contribution is 2.31. The molecule has 11 heteroatoms. The zero-order valence-corrected chi connectivity index (χ0v) is 22.9. The van der Waals surface area contributed by atoms with Crippen LogP contribution < -0.4 is 10.6 Å². The second-order valence-electron chi connectivity index (χ2n) is 10.5. The molecule has 0 aliphatic heterocycles. The van der Waals surface area contributed by atoms with Gasteiger partial charge in [-0.3, -0.25) is 5.32 Å². The summed E-state index contributed by atoms with van der Waals surface area (Å²) in [6.45, 7) is 11.4. The number of urea groups is 1. The van der Waals surface area contributed by atoms with Crippen LogP contribution in [0.2, 0.25) is 10.0 Å². The summed E-state index contributed by atoms with van der Waals surface area (Å²) in [5.41, 5.74) is 1.31. The van der Waals surface area contributed by atoms with Crippen LogP contribution in [-0.2, 0) is 10.2 Å². The number of nitrogens with one attached hydrogen (secondary N) is 2. The number of hydrogen-bond acceptors (Lipinski definition) is 5. The van der Waals surface area contributed by atoms with E-state index in [9.17, 15) is 9.59 Å². The predicted octanol–water partition coefficient (Wildman–Crippen LogP) is 7.25. The molecule has 0 saturated heterocycles. The predicted molar refractivity (Wildman–Crippen MR) is 146 cm³/mol. The van der Waals surface area contributed by atoms with E-state index in [-0.39, 0.29) is 10.4 Å². The van der Waals surface area contributed by atoms with Crippen molar-refractivity contribution in [2.75, 3.05) is 10.6 Å². The Morgan fingerprint density at radius 2 is 1.70 bits per heavy atom. The Balaban J connectivity index is 1.72. The lowest BCUT2D eigenvalue weighted by atomic mass is 9.92. The van der Waals surface area contributed by atoms with Crippen molar-refractivity contribution < 1.29 is 14.3 Å². The Hall–Kier alpha value is -3.56. The van der Waals surface area contributed by atoms with E-state index in [2.05, 4.69) is 15.7 Å². The number of carbonyl (C=O) groups is 2. The number of hydrogen-bond donors (Lipinski definition) is 2. The number of benzene rings is 2. The summed E-state index contributed by atoms with van der Waals surface area (Å²) in [7, 11) is 0. The fourth-order valence-corrected chi connectivity index (χ4v) is 3.84. The van der Waals surface area contributed by atoms with E-state index in [1.54, 1.807) is 62.0 Å². The minimum atomic E-state index is -0.674. The van der Waals surface area contributed by atoms with Gasteiger partial charge in [0.2, 0.25) is 0 Å². The van der Waals surface area contributed by atoms with E-state index < -0.39 is 17.7 Å². The maximum Gasteiger partial charge on any atom is 0.435 e. The van der Waals surface area contributed by atoms with Crippen molar-refractivity contribution >= 4 is 57.7 Å². The lowest BCUT2D eigenvalue weighted by Gasteiger charge is -2.19. The number of ether oxygens (including phenoxy) is 1. The first-order chi connectivity index (χ1) is 17.2. The topological polar surface area (TPSA) is 103 Å². The van der Waals surface area contributed by atoms with Crippen LogP contribution in [0.25, 0.3) is 16.6 Å². The second kappa shape index (κ2) is 9.72. The second-order valence-corrected chi connectivity index (χ2v) is 11.3. The summed E-state index contributed by atoms with van der Waals surface area (Å²) in [6.07, 6.45) is 1.00. The minimum absolute atomic E-state index is 0.240. The summed E-state index contributed by atoms with van der Waals surface area (Å²) < 4.78 is 8.30. The van der Waals surface area contributed by atoms with Crippen LogP contribution in [0.4, 0.5) is 21.1 Å². The van der Waals surface area contributed by atoms with Crippen LogP contribution in [0.5, 0.6) is 0 Å². The summed E-state index contributed by atoms with van der Waals surface area (Å²) in [5, 5.41) is 15.8. The monoisotopic (exact) mass is 542 g/mol. The molecule has 0 radical (unpaired) electrons. The van der Waals surface area contributed by atoms with Gasteiger partial charge in [0.15, 0.2) is 0 Å². The molecular weight excluding hydrogens is 515 g/mol. The molecule has 0 saturated carbocycles. The Kier molecular flexibility index (Phi) is 6.96. The average Bonchev–Trinajstić information content (AvgIpc) is 3.39. The number of halogens is 2. The Morgan fingerprint density at radius 3 is 2.38 bits per heavy atom. The Labute approximate surface area is 224 Å². The van der Waals surface area contributed by atoms with Gasteiger partial charge in [-0.1, -0.05) is 50.0 Å². The molecule has 4 rings (SSSR count). The SMILES string of the molecule is CC(C)(C)OC(=O)n1ncc2ccc(-n3nc(C(C)(C)C)cc3NC(=O)Nc3cccc(Cl)c3Cl)cc21. The Morgan fingerprint density at radius 1 is 0.973 bits per heavy atom. The first kappa shape index (κ1) is 26.5. The van der Waals surface area contributed by atoms with Crippen molar-refractivity contribution in [3.8, 4) is 5.69 Å². The first-order valence-electron chi connectivity index (χ1n) is 11.6. The quantitative estimate of drug-likeness (QED) is 0.283. The normalized spacial score (nSPS) is 12.0. The lowest BCUT2D eigenvalue weighted by molar-refractivity contribution is 0.0522. The van der Waals surface area contributed by atoms with Gasteiger partial charge < -0.3 is 10.1 Å². The van der Waals surface area contributed by atoms with E-state index >= 15 is 0 Å². The molecule has 0 aliphatic carbocycles. The third-order valence-electron chi connectivity index (χ3n) is 5.28. The fourth-order valence-electron chi connectivity index (χ4n) is 3.49. The summed E-state index contributed by atoms with van der Waals surface area (Å²) in [5.74, 6) is 0.420. The van der Waals surface area contributed by atoms with Crippen LogP contribution in [0.3, 0.4) is 0 Å². The molecule has 0 fully saturated rings. The van der Waals surface area contributed by atoms with Crippen LogP contribution in [0, 0.1) is 0 Å². The lowest BCUT2D eigenvalue weighted by Crippen LogP contribution is -2.27. The highest BCUT2D eigenvalue weighted by atomic mass is 35.5. The minimum Gasteiger partial charge on any atom is -0.442 e. The molecule has 0 atom stereocenters. The molecular formula is C26H28Cl2N6O3. The van der Waals surface area contributed by atoms with E-state index in [4.69, 9.17) is 33.0 Å². The maximum atomic E-state index is 12.9. The maximum absolute atomic E-state index is 12.9. The molecule has 0 bridgehead atoms. The van der Waals surface area contributed by atoms with Crippen molar-refractivity contribution in [2.45, 2.75) is 52.6 Å². The van der Waals surface area contributed by atoms with Gasteiger partial charge in [-0.25, -0.2) is 14.3 Å². The first-order valence-corrected chi connectivity index (χ1v) is 12.3. The number of anilines is 2. The number of nitrogens with zero attached hydrogens (tertiary/aromatic N) is 4. The van der Waals surface area contributed by atoms with Gasteiger partial charge in [0.05, 0.1) is 38.8 Å². The fraction of sp³-hybridized carbons (Fsp3) is 0.308. The summed E-state index contributed by atoms with van der Waals surface area (Å²) >= 11 is 12.3. The van der Waals surface area contributed by atoms with Gasteiger partial charge in [0.25, 0.3) is 0 Å². The van der Waals surface area contributed by atoms with Gasteiger partial charge >= 0.3 is 12.1 Å². The van der Waals surface area contributed by atoms with E-state index in [0.717, 1.165) is 11.1 Å². The Bertz CT molecular complexity index is 1490. The third kappa shape index (κ3) is 5.89. The molecule has 2 N–H and O–H groups in total. The van der Waals surface area contributed by atoms with Gasteiger partial charge in [0, 0.05) is 16.9 Å². The number of amides is 2. The highest BCUT2D eigenvalue weighted by Gasteiger charge is 2.24. The molecule has 0 spiro atoms. The zero-order chi connectivity index (χ0) is 27.1. The molecule has 0 aliphatic rings. The van der Waals surface area contributed by atoms with Crippen LogP contribution in [0.1, 0.15) is 47.2 Å². The number of rotatable bonds is 3. The number of aromatic nitrogens is 4. The van der Waals surface area contributed by atoms with Gasteiger partial charge in [-0.05, 0) is 51.1 Å². The van der Waals surface area contributed by atoms with E-state index in [1.807, 2.05) is 32.9 Å². The van der Waals surface area contributed by atoms with Gasteiger partial charge in [-0.15, -0.1) is 0 Å². The molecule has 9 nitrogen and oxygen atoms in total. The molecule has 0 unspecified atom stereocenters. The van der Waals surface area contributed by atoms with Crippen molar-refractivity contribution in [1.82, 2.24) is 19.6 Å². The summed E-state index contributed by atoms with van der Waals surface area (Å²) in [6, 6.07) is 11.7. The van der Waals surface area contributed by atoms with Gasteiger partial charge in [0.1, 0.15) is 11.4 Å². The molecule has 194 valence electrons. The molecule has 4 aromatic rings. The molecule has 2 aromatic heterocycles. The smallest absolute Gasteiger partial charge is 0.435 e. The standard InChI is InChI=1S/C26H28Cl2N6O3/c1-25(2,3)20-13-21(31-23(35)30-18-9-7-8-17(27)22(18)28)33(32-20)16-11-10-15-14-29-34(19(15)12-16)24(36)37-26(4,5)6/h7-14H,1-6H3,(H2,30,31,35). The van der Waals surface area contributed by atoms with Gasteiger partial charge in [-0.2, -0.15) is 14.9 Å². The van der Waals surface area contributed by atoms with Crippen molar-refractivity contribution in [3.63, 3.8) is 0 Å². The molecule has 37 heavy (non-hydrogen) atoms. The van der Waals surface area contributed by atoms with Crippen molar-refractivity contribution in [3.05, 3.63) is 64.4 Å². The third-order valence-corrected chi connectivity index (χ3v) is 6.10. The van der Waals surface area contributed by atoms with Crippen LogP contribution in [0.15, 0.2) is 48.7 Å². The zero-order valence-electron chi connectivity index (χ0n) is 21.4. The summed E-state index contributed by atoms with van der Waals surface area (Å²) in [4.78, 5) is 25.6. The van der Waals surface area contributed by atoms with Crippen molar-refractivity contribution in [2.24, 2.45) is 0 Å². The largest absolute Gasteiger partial charge is 0.442 e. The molecule has 2 heterocycles. The molecule has 2 aromatic carbocycles. The number of carbonyl (C=O) groups excluding carboxylic acids is 2. The number of fused-ring (bicyclic) bond motifs is 1. The molecule has 2 amide bonds. The van der Waals surface area contributed by atoms with Crippen molar-refractivity contribution in [1.29, 1.82) is 0 Å². The highest BCUT2D eigenvalue weighted by molar-refractivity contribution is 6.44.